The molecule has 35 heavy (non-hydrogen) atoms. The highest BCUT2D eigenvalue weighted by molar-refractivity contribution is 5.79. The number of hydrogen-bond donors (Lipinski definition) is 0. The number of methoxy groups -OCH3 is 1. The number of anilines is 1. The molecule has 2 aromatic rings. The Kier molecular flexibility index (Phi) is 7.51. The molecule has 1 amide bonds. The van der Waals surface area contributed by atoms with Gasteiger partial charge in [-0.3, -0.25) is 4.79 Å². The van der Waals surface area contributed by atoms with Crippen molar-refractivity contribution >= 4 is 11.9 Å². The van der Waals surface area contributed by atoms with E-state index in [9.17, 15) is 9.18 Å². The average molecular weight is 487 g/mol. The zero-order valence-corrected chi connectivity index (χ0v) is 20.5. The van der Waals surface area contributed by atoms with Gasteiger partial charge in [0.2, 0.25) is 5.91 Å². The summed E-state index contributed by atoms with van der Waals surface area (Å²) in [5, 5.41) is 3.95. The maximum Gasteiger partial charge on any atom is 0.324 e. The van der Waals surface area contributed by atoms with E-state index in [0.717, 1.165) is 70.1 Å². The monoisotopic (exact) mass is 486 g/mol. The highest BCUT2D eigenvalue weighted by atomic mass is 19.1. The molecule has 1 aliphatic carbocycles. The number of carbonyl (C=O) groups excluding carboxylic acids is 1. The largest absolute Gasteiger partial charge is 0.493 e. The summed E-state index contributed by atoms with van der Waals surface area (Å²) in [5.74, 6) is 2.93. The van der Waals surface area contributed by atoms with Crippen LogP contribution in [-0.2, 0) is 22.6 Å². The number of rotatable bonds is 10. The van der Waals surface area contributed by atoms with Crippen LogP contribution < -0.4 is 9.64 Å². The highest BCUT2D eigenvalue weighted by Crippen LogP contribution is 2.50. The molecular formula is C26H35FN4O4. The van der Waals surface area contributed by atoms with Gasteiger partial charge in [0, 0.05) is 39.4 Å². The Hall–Kier alpha value is -2.68. The van der Waals surface area contributed by atoms with E-state index >= 15 is 0 Å². The topological polar surface area (TPSA) is 80.9 Å². The van der Waals surface area contributed by atoms with Crippen molar-refractivity contribution < 1.29 is 23.2 Å². The van der Waals surface area contributed by atoms with Crippen LogP contribution in [0.25, 0.3) is 0 Å². The second-order valence-corrected chi connectivity index (χ2v) is 10.1. The number of amides is 1. The van der Waals surface area contributed by atoms with E-state index in [-0.39, 0.29) is 18.1 Å². The number of likely N-dealkylation sites (tertiary alicyclic amines) is 1. The van der Waals surface area contributed by atoms with Gasteiger partial charge in [-0.05, 0) is 67.9 Å². The van der Waals surface area contributed by atoms with Crippen LogP contribution in [0.3, 0.4) is 0 Å². The van der Waals surface area contributed by atoms with E-state index in [1.165, 1.54) is 12.5 Å². The fourth-order valence-corrected chi connectivity index (χ4v) is 5.59. The van der Waals surface area contributed by atoms with Gasteiger partial charge in [0.1, 0.15) is 18.2 Å². The quantitative estimate of drug-likeness (QED) is 0.505. The molecule has 3 fully saturated rings. The number of halogens is 1. The molecule has 190 valence electrons. The smallest absolute Gasteiger partial charge is 0.324 e. The van der Waals surface area contributed by atoms with Gasteiger partial charge in [-0.15, -0.1) is 0 Å². The minimum atomic E-state index is -0.360. The molecule has 0 spiro atoms. The molecule has 0 radical (unpaired) electrons. The molecule has 9 heteroatoms. The molecule has 2 atom stereocenters. The Labute approximate surface area is 205 Å². The standard InChI is InChI=1S/C26H35FN4O4/c1-33-17-24-28-26(35-29-24)31-11-6-18(7-12-31)22-14-19(22)8-13-34-21-5-4-20(23(27)16-21)15-25(32)30-9-2-3-10-30/h4-5,16,18-19,22H,2-3,6-15,17H2,1H3/t19-,22-/m1/s1. The predicted molar refractivity (Wildman–Crippen MR) is 128 cm³/mol. The van der Waals surface area contributed by atoms with E-state index in [1.54, 1.807) is 19.2 Å². The number of benzene rings is 1. The molecule has 3 aliphatic rings. The summed E-state index contributed by atoms with van der Waals surface area (Å²) >= 11 is 0. The minimum Gasteiger partial charge on any atom is -0.493 e. The zero-order chi connectivity index (χ0) is 24.2. The summed E-state index contributed by atoms with van der Waals surface area (Å²) in [7, 11) is 1.62. The first kappa shape index (κ1) is 24.0. The third-order valence-corrected chi connectivity index (χ3v) is 7.71. The lowest BCUT2D eigenvalue weighted by molar-refractivity contribution is -0.129. The summed E-state index contributed by atoms with van der Waals surface area (Å²) in [6.07, 6.45) is 6.70. The number of aromatic nitrogens is 2. The molecule has 5 rings (SSSR count). The average Bonchev–Trinajstić information content (AvgIpc) is 3.23. The molecule has 1 saturated carbocycles. The van der Waals surface area contributed by atoms with Crippen LogP contribution in [0.2, 0.25) is 0 Å². The summed E-state index contributed by atoms with van der Waals surface area (Å²) < 4.78 is 30.8. The summed E-state index contributed by atoms with van der Waals surface area (Å²) in [6.45, 7) is 4.40. The molecule has 2 aliphatic heterocycles. The van der Waals surface area contributed by atoms with Crippen LogP contribution in [0.15, 0.2) is 22.7 Å². The maximum atomic E-state index is 14.5. The van der Waals surface area contributed by atoms with Crippen molar-refractivity contribution in [1.82, 2.24) is 15.0 Å². The Morgan fingerprint density at radius 3 is 2.74 bits per heavy atom. The fraction of sp³-hybridized carbons (Fsp3) is 0.654. The molecule has 0 N–H and O–H groups in total. The fourth-order valence-electron chi connectivity index (χ4n) is 5.59. The van der Waals surface area contributed by atoms with Crippen molar-refractivity contribution in [3.63, 3.8) is 0 Å². The Balaban J connectivity index is 1.01. The second-order valence-electron chi connectivity index (χ2n) is 10.1. The molecule has 0 bridgehead atoms. The van der Waals surface area contributed by atoms with Crippen LogP contribution in [0.4, 0.5) is 10.4 Å². The van der Waals surface area contributed by atoms with Gasteiger partial charge in [-0.2, -0.15) is 4.98 Å². The van der Waals surface area contributed by atoms with Gasteiger partial charge in [0.15, 0.2) is 5.82 Å². The van der Waals surface area contributed by atoms with Crippen LogP contribution in [-0.4, -0.2) is 60.8 Å². The van der Waals surface area contributed by atoms with Crippen LogP contribution in [0, 0.1) is 23.6 Å². The molecule has 1 aromatic carbocycles. The summed E-state index contributed by atoms with van der Waals surface area (Å²) in [4.78, 5) is 20.7. The number of nitrogens with zero attached hydrogens (tertiary/aromatic N) is 4. The van der Waals surface area contributed by atoms with E-state index in [4.69, 9.17) is 14.0 Å². The molecule has 8 nitrogen and oxygen atoms in total. The number of hydrogen-bond acceptors (Lipinski definition) is 7. The number of ether oxygens (including phenoxy) is 2. The Bertz CT molecular complexity index is 1000. The first-order chi connectivity index (χ1) is 17.1. The molecular weight excluding hydrogens is 451 g/mol. The van der Waals surface area contributed by atoms with Crippen molar-refractivity contribution in [2.45, 2.75) is 51.6 Å². The van der Waals surface area contributed by atoms with Crippen molar-refractivity contribution in [2.24, 2.45) is 17.8 Å². The molecule has 1 aromatic heterocycles. The van der Waals surface area contributed by atoms with Crippen LogP contribution >= 0.6 is 0 Å². The summed E-state index contributed by atoms with van der Waals surface area (Å²) in [6, 6.07) is 5.48. The van der Waals surface area contributed by atoms with E-state index in [1.807, 2.05) is 4.90 Å². The number of carbonyl (C=O) groups is 1. The lowest BCUT2D eigenvalue weighted by Crippen LogP contribution is -2.34. The van der Waals surface area contributed by atoms with Gasteiger partial charge in [0.25, 0.3) is 0 Å². The Morgan fingerprint density at radius 1 is 1.20 bits per heavy atom. The summed E-state index contributed by atoms with van der Waals surface area (Å²) in [5.41, 5.74) is 0.443. The number of piperidine rings is 1. The predicted octanol–water partition coefficient (Wildman–Crippen LogP) is 3.84. The van der Waals surface area contributed by atoms with Gasteiger partial charge < -0.3 is 23.8 Å². The van der Waals surface area contributed by atoms with Gasteiger partial charge >= 0.3 is 6.01 Å². The SMILES string of the molecule is COCc1noc(N2CCC([C@H]3C[C@H]3CCOc3ccc(CC(=O)N4CCCC4)c(F)c3)CC2)n1. The van der Waals surface area contributed by atoms with E-state index < -0.39 is 0 Å². The van der Waals surface area contributed by atoms with Crippen molar-refractivity contribution in [3.05, 3.63) is 35.4 Å². The van der Waals surface area contributed by atoms with Crippen molar-refractivity contribution in [1.29, 1.82) is 0 Å². The molecule has 0 unspecified atom stereocenters. The first-order valence-electron chi connectivity index (χ1n) is 12.9. The van der Waals surface area contributed by atoms with Gasteiger partial charge in [0.05, 0.1) is 13.0 Å². The van der Waals surface area contributed by atoms with E-state index in [0.29, 0.717) is 42.3 Å². The molecule has 2 saturated heterocycles. The van der Waals surface area contributed by atoms with Crippen molar-refractivity contribution in [3.8, 4) is 5.75 Å². The first-order valence-corrected chi connectivity index (χ1v) is 12.9. The minimum absolute atomic E-state index is 0.00797. The van der Waals surface area contributed by atoms with Crippen LogP contribution in [0.1, 0.15) is 49.9 Å². The van der Waals surface area contributed by atoms with Crippen molar-refractivity contribution in [2.75, 3.05) is 44.8 Å². The lowest BCUT2D eigenvalue weighted by atomic mass is 9.90. The van der Waals surface area contributed by atoms with E-state index in [2.05, 4.69) is 15.0 Å². The lowest BCUT2D eigenvalue weighted by Gasteiger charge is -2.30. The van der Waals surface area contributed by atoms with Gasteiger partial charge in [-0.25, -0.2) is 4.39 Å². The van der Waals surface area contributed by atoms with Gasteiger partial charge in [-0.1, -0.05) is 11.2 Å². The highest BCUT2D eigenvalue weighted by Gasteiger charge is 2.43. The second kappa shape index (κ2) is 10.9. The third kappa shape index (κ3) is 5.94. The zero-order valence-electron chi connectivity index (χ0n) is 20.5. The third-order valence-electron chi connectivity index (χ3n) is 7.71. The maximum absolute atomic E-state index is 14.5. The Morgan fingerprint density at radius 2 is 2.00 bits per heavy atom. The molecule has 3 heterocycles. The van der Waals surface area contributed by atoms with Crippen LogP contribution in [0.5, 0.6) is 5.75 Å². The normalized spacial score (nSPS) is 22.6.